The number of carbonyl (C=O) groups is 1. The molecule has 0 radical (unpaired) electrons. The van der Waals surface area contributed by atoms with Crippen LogP contribution < -0.4 is 5.32 Å². The van der Waals surface area contributed by atoms with Crippen molar-refractivity contribution < 1.29 is 9.90 Å². The van der Waals surface area contributed by atoms with E-state index in [0.29, 0.717) is 0 Å². The zero-order valence-corrected chi connectivity index (χ0v) is 8.12. The third-order valence-corrected chi connectivity index (χ3v) is 2.38. The molecule has 0 bridgehead atoms. The van der Waals surface area contributed by atoms with Gasteiger partial charge in [-0.3, -0.25) is 10.2 Å². The van der Waals surface area contributed by atoms with Gasteiger partial charge in [0.25, 0.3) is 0 Å². The Morgan fingerprint density at radius 3 is 3.00 bits per heavy atom. The van der Waals surface area contributed by atoms with Crippen LogP contribution in [0.2, 0.25) is 0 Å². The lowest BCUT2D eigenvalue weighted by atomic mass is 10.2. The summed E-state index contributed by atoms with van der Waals surface area (Å²) in [6, 6.07) is 0. The smallest absolute Gasteiger partial charge is 0.335 e. The summed E-state index contributed by atoms with van der Waals surface area (Å²) in [5.41, 5.74) is 0. The summed E-state index contributed by atoms with van der Waals surface area (Å²) in [7, 11) is 0. The SMILES string of the molecule is CCCCCN1CCNC1C(=O)O. The molecule has 1 unspecified atom stereocenters. The highest BCUT2D eigenvalue weighted by Crippen LogP contribution is 2.06. The van der Waals surface area contributed by atoms with Crippen molar-refractivity contribution >= 4 is 5.97 Å². The molecule has 1 atom stereocenters. The van der Waals surface area contributed by atoms with Crippen molar-refractivity contribution in [3.05, 3.63) is 0 Å². The number of rotatable bonds is 5. The fourth-order valence-corrected chi connectivity index (χ4v) is 1.65. The first-order valence-electron chi connectivity index (χ1n) is 4.96. The Balaban J connectivity index is 2.27. The summed E-state index contributed by atoms with van der Waals surface area (Å²) in [4.78, 5) is 12.7. The summed E-state index contributed by atoms with van der Waals surface area (Å²) in [6.45, 7) is 4.71. The third-order valence-electron chi connectivity index (χ3n) is 2.38. The second-order valence-electron chi connectivity index (χ2n) is 3.44. The van der Waals surface area contributed by atoms with Crippen LogP contribution in [0.4, 0.5) is 0 Å². The van der Waals surface area contributed by atoms with Gasteiger partial charge in [-0.1, -0.05) is 19.8 Å². The summed E-state index contributed by atoms with van der Waals surface area (Å²) < 4.78 is 0. The van der Waals surface area contributed by atoms with Gasteiger partial charge in [0.05, 0.1) is 0 Å². The highest BCUT2D eigenvalue weighted by Gasteiger charge is 2.28. The first-order chi connectivity index (χ1) is 6.25. The number of nitrogens with zero attached hydrogens (tertiary/aromatic N) is 1. The number of hydrogen-bond acceptors (Lipinski definition) is 3. The molecule has 2 N–H and O–H groups in total. The Hall–Kier alpha value is -0.610. The summed E-state index contributed by atoms with van der Waals surface area (Å²) in [5, 5.41) is 11.8. The van der Waals surface area contributed by atoms with Crippen molar-refractivity contribution in [3.8, 4) is 0 Å². The quantitative estimate of drug-likeness (QED) is 0.614. The number of unbranched alkanes of at least 4 members (excludes halogenated alkanes) is 2. The number of carboxylic acids is 1. The summed E-state index contributed by atoms with van der Waals surface area (Å²) >= 11 is 0. The van der Waals surface area contributed by atoms with E-state index >= 15 is 0 Å². The molecule has 1 heterocycles. The molecule has 1 fully saturated rings. The number of carboxylic acid groups (broad SMARTS) is 1. The molecule has 0 aromatic carbocycles. The van der Waals surface area contributed by atoms with E-state index in [1.165, 1.54) is 12.8 Å². The average Bonchev–Trinajstić information content (AvgIpc) is 2.53. The van der Waals surface area contributed by atoms with Crippen LogP contribution in [0.1, 0.15) is 26.2 Å². The first kappa shape index (κ1) is 10.5. The molecular weight excluding hydrogens is 168 g/mol. The van der Waals surface area contributed by atoms with Crippen LogP contribution in [-0.2, 0) is 4.79 Å². The lowest BCUT2D eigenvalue weighted by Gasteiger charge is -2.19. The maximum Gasteiger partial charge on any atom is 0.335 e. The Labute approximate surface area is 78.9 Å². The molecule has 1 aliphatic rings. The molecule has 0 aromatic heterocycles. The van der Waals surface area contributed by atoms with E-state index in [-0.39, 0.29) is 0 Å². The minimum Gasteiger partial charge on any atom is -0.479 e. The van der Waals surface area contributed by atoms with E-state index < -0.39 is 12.1 Å². The first-order valence-corrected chi connectivity index (χ1v) is 4.96. The minimum atomic E-state index is -0.756. The molecule has 76 valence electrons. The molecule has 4 heteroatoms. The number of hydrogen-bond donors (Lipinski definition) is 2. The van der Waals surface area contributed by atoms with Crippen molar-refractivity contribution in [3.63, 3.8) is 0 Å². The second kappa shape index (κ2) is 5.19. The van der Waals surface area contributed by atoms with Gasteiger partial charge in [0.2, 0.25) is 0 Å². The fourth-order valence-electron chi connectivity index (χ4n) is 1.65. The maximum absolute atomic E-state index is 10.7. The van der Waals surface area contributed by atoms with Crippen LogP contribution in [-0.4, -0.2) is 41.8 Å². The molecule has 0 amide bonds. The summed E-state index contributed by atoms with van der Waals surface area (Å²) in [6.07, 6.45) is 3.01. The molecule has 0 aromatic rings. The van der Waals surface area contributed by atoms with Crippen LogP contribution in [0.5, 0.6) is 0 Å². The van der Waals surface area contributed by atoms with E-state index in [9.17, 15) is 4.79 Å². The zero-order chi connectivity index (χ0) is 9.68. The largest absolute Gasteiger partial charge is 0.479 e. The lowest BCUT2D eigenvalue weighted by molar-refractivity contribution is -0.142. The van der Waals surface area contributed by atoms with E-state index in [2.05, 4.69) is 12.2 Å². The van der Waals surface area contributed by atoms with Crippen LogP contribution in [0.3, 0.4) is 0 Å². The normalized spacial score (nSPS) is 23.6. The van der Waals surface area contributed by atoms with E-state index in [1.54, 1.807) is 0 Å². The van der Waals surface area contributed by atoms with Crippen LogP contribution in [0, 0.1) is 0 Å². The highest BCUT2D eigenvalue weighted by atomic mass is 16.4. The zero-order valence-electron chi connectivity index (χ0n) is 8.12. The molecule has 1 aliphatic heterocycles. The van der Waals surface area contributed by atoms with Crippen molar-refractivity contribution in [1.82, 2.24) is 10.2 Å². The van der Waals surface area contributed by atoms with Gasteiger partial charge in [-0.2, -0.15) is 0 Å². The van der Waals surface area contributed by atoms with Gasteiger partial charge in [0.15, 0.2) is 6.17 Å². The monoisotopic (exact) mass is 186 g/mol. The van der Waals surface area contributed by atoms with Gasteiger partial charge in [-0.05, 0) is 6.42 Å². The number of nitrogens with one attached hydrogen (secondary N) is 1. The topological polar surface area (TPSA) is 52.6 Å². The average molecular weight is 186 g/mol. The molecule has 0 spiro atoms. The Morgan fingerprint density at radius 1 is 1.62 bits per heavy atom. The van der Waals surface area contributed by atoms with Gasteiger partial charge in [0.1, 0.15) is 0 Å². The van der Waals surface area contributed by atoms with Gasteiger partial charge in [-0.25, -0.2) is 4.79 Å². The highest BCUT2D eigenvalue weighted by molar-refractivity contribution is 5.73. The van der Waals surface area contributed by atoms with E-state index in [0.717, 1.165) is 26.1 Å². The van der Waals surface area contributed by atoms with E-state index in [1.807, 2.05) is 4.90 Å². The Kier molecular flexibility index (Phi) is 4.18. The van der Waals surface area contributed by atoms with Crippen LogP contribution in [0.25, 0.3) is 0 Å². The van der Waals surface area contributed by atoms with Gasteiger partial charge in [-0.15, -0.1) is 0 Å². The van der Waals surface area contributed by atoms with E-state index in [4.69, 9.17) is 5.11 Å². The fraction of sp³-hybridized carbons (Fsp3) is 0.889. The second-order valence-corrected chi connectivity index (χ2v) is 3.44. The van der Waals surface area contributed by atoms with Crippen molar-refractivity contribution in [2.75, 3.05) is 19.6 Å². The van der Waals surface area contributed by atoms with Gasteiger partial charge >= 0.3 is 5.97 Å². The predicted molar refractivity (Wildman–Crippen MR) is 50.5 cm³/mol. The molecule has 13 heavy (non-hydrogen) atoms. The molecule has 1 saturated heterocycles. The molecule has 4 nitrogen and oxygen atoms in total. The molecular formula is C9H18N2O2. The van der Waals surface area contributed by atoms with Crippen LogP contribution in [0.15, 0.2) is 0 Å². The maximum atomic E-state index is 10.7. The van der Waals surface area contributed by atoms with Crippen molar-refractivity contribution in [1.29, 1.82) is 0 Å². The van der Waals surface area contributed by atoms with Gasteiger partial charge < -0.3 is 5.11 Å². The Morgan fingerprint density at radius 2 is 2.38 bits per heavy atom. The van der Waals surface area contributed by atoms with Gasteiger partial charge in [0, 0.05) is 19.6 Å². The van der Waals surface area contributed by atoms with Crippen molar-refractivity contribution in [2.24, 2.45) is 0 Å². The third kappa shape index (κ3) is 2.97. The standard InChI is InChI=1S/C9H18N2O2/c1-2-3-4-6-11-7-5-10-8(11)9(12)13/h8,10H,2-7H2,1H3,(H,12,13). The minimum absolute atomic E-state index is 0.447. The lowest BCUT2D eigenvalue weighted by Crippen LogP contribution is -2.42. The Bertz CT molecular complexity index is 173. The molecule has 1 rings (SSSR count). The molecule has 0 aliphatic carbocycles. The molecule has 0 saturated carbocycles. The van der Waals surface area contributed by atoms with Crippen molar-refractivity contribution in [2.45, 2.75) is 32.4 Å². The predicted octanol–water partition coefficient (Wildman–Crippen LogP) is 0.492. The summed E-state index contributed by atoms with van der Waals surface area (Å²) in [5.74, 6) is -0.756. The van der Waals surface area contributed by atoms with Crippen LogP contribution >= 0.6 is 0 Å². The number of aliphatic carboxylic acids is 1.